The molecule has 1 N–H and O–H groups in total. The van der Waals surface area contributed by atoms with E-state index in [4.69, 9.17) is 11.6 Å². The monoisotopic (exact) mass is 438 g/mol. The van der Waals surface area contributed by atoms with Gasteiger partial charge in [-0.05, 0) is 56.1 Å². The number of aromatic nitrogens is 2. The molecule has 2 aliphatic rings. The lowest BCUT2D eigenvalue weighted by Crippen LogP contribution is -2.39. The second-order valence-corrected chi connectivity index (χ2v) is 8.63. The first kappa shape index (κ1) is 20.0. The molecule has 7 nitrogen and oxygen atoms in total. The van der Waals surface area contributed by atoms with E-state index in [1.54, 1.807) is 30.3 Å². The Bertz CT molecular complexity index is 1190. The van der Waals surface area contributed by atoms with E-state index >= 15 is 0 Å². The van der Waals surface area contributed by atoms with Crippen molar-refractivity contribution in [3.63, 3.8) is 0 Å². The first-order valence-corrected chi connectivity index (χ1v) is 11.0. The number of hydrogen-bond acceptors (Lipinski definition) is 4. The van der Waals surface area contributed by atoms with Gasteiger partial charge in [-0.2, -0.15) is 0 Å². The molecule has 2 amide bonds. The van der Waals surface area contributed by atoms with E-state index in [0.717, 1.165) is 49.9 Å². The number of halogens is 1. The second kappa shape index (κ2) is 7.98. The number of piperidine rings is 1. The van der Waals surface area contributed by atoms with E-state index in [0.29, 0.717) is 22.7 Å². The van der Waals surface area contributed by atoms with Gasteiger partial charge in [0.1, 0.15) is 0 Å². The maximum absolute atomic E-state index is 12.5. The van der Waals surface area contributed by atoms with Crippen molar-refractivity contribution in [3.05, 3.63) is 69.1 Å². The molecule has 1 aromatic heterocycles. The van der Waals surface area contributed by atoms with Gasteiger partial charge in [0.05, 0.1) is 22.2 Å². The van der Waals surface area contributed by atoms with Crippen LogP contribution in [0.15, 0.2) is 47.3 Å². The number of aromatic amines is 1. The quantitative estimate of drug-likeness (QED) is 0.620. The number of benzene rings is 2. The van der Waals surface area contributed by atoms with E-state index in [1.165, 1.54) is 4.90 Å². The molecule has 0 spiro atoms. The van der Waals surface area contributed by atoms with Gasteiger partial charge < -0.3 is 9.88 Å². The molecular formula is C23H23ClN4O3. The van der Waals surface area contributed by atoms with Gasteiger partial charge in [0, 0.05) is 30.7 Å². The Balaban J connectivity index is 1.17. The van der Waals surface area contributed by atoms with Crippen LogP contribution in [0.5, 0.6) is 0 Å². The zero-order valence-corrected chi connectivity index (χ0v) is 17.8. The van der Waals surface area contributed by atoms with Crippen LogP contribution in [0.25, 0.3) is 11.0 Å². The van der Waals surface area contributed by atoms with E-state index in [9.17, 15) is 14.4 Å². The van der Waals surface area contributed by atoms with Gasteiger partial charge in [-0.15, -0.1) is 0 Å². The summed E-state index contributed by atoms with van der Waals surface area (Å²) in [6, 6.07) is 12.6. The van der Waals surface area contributed by atoms with Gasteiger partial charge in [-0.1, -0.05) is 23.7 Å². The lowest BCUT2D eigenvalue weighted by Gasteiger charge is -2.32. The molecule has 0 atom stereocenters. The predicted molar refractivity (Wildman–Crippen MR) is 119 cm³/mol. The maximum Gasteiger partial charge on any atom is 0.326 e. The third kappa shape index (κ3) is 3.58. The molecule has 2 aromatic carbocycles. The highest BCUT2D eigenvalue weighted by Crippen LogP contribution is 2.27. The fourth-order valence-corrected chi connectivity index (χ4v) is 4.93. The molecular weight excluding hydrogens is 416 g/mol. The fraction of sp³-hybridized carbons (Fsp3) is 0.348. The standard InChI is InChI=1S/C23H23ClN4O3/c24-15-6-7-20-19(14-15)25-23(31)28(20)16-8-12-26(13-9-16)10-3-11-27-21(29)17-4-1-2-5-18(17)22(27)30/h1-2,4-7,14,16H,3,8-13H2,(H,25,31). The van der Waals surface area contributed by atoms with Crippen molar-refractivity contribution in [1.29, 1.82) is 0 Å². The Morgan fingerprint density at radius 1 is 0.935 bits per heavy atom. The normalized spacial score (nSPS) is 17.6. The lowest BCUT2D eigenvalue weighted by molar-refractivity contribution is 0.0644. The van der Waals surface area contributed by atoms with Gasteiger partial charge in [0.2, 0.25) is 0 Å². The molecule has 0 aliphatic carbocycles. The summed E-state index contributed by atoms with van der Waals surface area (Å²) in [5, 5.41) is 0.605. The van der Waals surface area contributed by atoms with Crippen LogP contribution in [0.1, 0.15) is 46.0 Å². The number of nitrogens with one attached hydrogen (secondary N) is 1. The zero-order chi connectivity index (χ0) is 21.5. The van der Waals surface area contributed by atoms with Crippen LogP contribution >= 0.6 is 11.6 Å². The number of carbonyl (C=O) groups excluding carboxylic acids is 2. The number of hydrogen-bond donors (Lipinski definition) is 1. The SMILES string of the molecule is O=C1c2ccccc2C(=O)N1CCCN1CCC(n2c(=O)[nH]c3cc(Cl)ccc32)CC1. The number of carbonyl (C=O) groups is 2. The van der Waals surface area contributed by atoms with Crippen LogP contribution in [0.2, 0.25) is 5.02 Å². The Kier molecular flexibility index (Phi) is 5.16. The predicted octanol–water partition coefficient (Wildman–Crippen LogP) is 3.31. The molecule has 5 rings (SSSR count). The van der Waals surface area contributed by atoms with Crippen LogP contribution in [-0.2, 0) is 0 Å². The molecule has 8 heteroatoms. The van der Waals surface area contributed by atoms with Crippen molar-refractivity contribution in [2.45, 2.75) is 25.3 Å². The maximum atomic E-state index is 12.5. The molecule has 0 bridgehead atoms. The molecule has 1 fully saturated rings. The highest BCUT2D eigenvalue weighted by molar-refractivity contribution is 6.31. The van der Waals surface area contributed by atoms with Crippen molar-refractivity contribution in [1.82, 2.24) is 19.4 Å². The van der Waals surface area contributed by atoms with Crippen LogP contribution in [0, 0.1) is 0 Å². The molecule has 0 radical (unpaired) electrons. The third-order valence-electron chi connectivity index (χ3n) is 6.34. The molecule has 0 unspecified atom stereocenters. The van der Waals surface area contributed by atoms with E-state index in [2.05, 4.69) is 9.88 Å². The Hall–Kier alpha value is -2.90. The Labute approximate surface area is 184 Å². The summed E-state index contributed by atoms with van der Waals surface area (Å²) in [6.45, 7) is 2.99. The van der Waals surface area contributed by atoms with Crippen LogP contribution in [-0.4, -0.2) is 57.3 Å². The fourth-order valence-electron chi connectivity index (χ4n) is 4.76. The highest BCUT2D eigenvalue weighted by Gasteiger charge is 2.34. The number of amides is 2. The minimum atomic E-state index is -0.196. The third-order valence-corrected chi connectivity index (χ3v) is 6.57. The topological polar surface area (TPSA) is 78.4 Å². The summed E-state index contributed by atoms with van der Waals surface area (Å²) in [4.78, 5) is 44.0. The van der Waals surface area contributed by atoms with Crippen molar-refractivity contribution in [3.8, 4) is 0 Å². The van der Waals surface area contributed by atoms with Crippen LogP contribution < -0.4 is 5.69 Å². The van der Waals surface area contributed by atoms with Crippen molar-refractivity contribution in [2.75, 3.05) is 26.2 Å². The van der Waals surface area contributed by atoms with Crippen molar-refractivity contribution in [2.24, 2.45) is 0 Å². The summed E-state index contributed by atoms with van der Waals surface area (Å²) >= 11 is 6.04. The first-order chi connectivity index (χ1) is 15.0. The summed E-state index contributed by atoms with van der Waals surface area (Å²) in [5.41, 5.74) is 2.55. The highest BCUT2D eigenvalue weighted by atomic mass is 35.5. The van der Waals surface area contributed by atoms with Gasteiger partial charge in [-0.3, -0.25) is 19.1 Å². The van der Waals surface area contributed by atoms with Gasteiger partial charge in [0.25, 0.3) is 11.8 Å². The second-order valence-electron chi connectivity index (χ2n) is 8.20. The van der Waals surface area contributed by atoms with E-state index in [-0.39, 0.29) is 23.5 Å². The van der Waals surface area contributed by atoms with Crippen LogP contribution in [0.4, 0.5) is 0 Å². The molecule has 3 heterocycles. The first-order valence-electron chi connectivity index (χ1n) is 10.6. The number of imidazole rings is 1. The van der Waals surface area contributed by atoms with Crippen molar-refractivity contribution < 1.29 is 9.59 Å². The summed E-state index contributed by atoms with van der Waals surface area (Å²) in [5.74, 6) is -0.392. The number of rotatable bonds is 5. The summed E-state index contributed by atoms with van der Waals surface area (Å²) in [7, 11) is 0. The summed E-state index contributed by atoms with van der Waals surface area (Å²) < 4.78 is 1.85. The number of H-pyrrole nitrogens is 1. The van der Waals surface area contributed by atoms with Gasteiger partial charge in [-0.25, -0.2) is 4.79 Å². The Morgan fingerprint density at radius 2 is 1.61 bits per heavy atom. The average molecular weight is 439 g/mol. The van der Waals surface area contributed by atoms with E-state index in [1.807, 2.05) is 16.7 Å². The van der Waals surface area contributed by atoms with Gasteiger partial charge in [0.15, 0.2) is 0 Å². The largest absolute Gasteiger partial charge is 0.326 e. The average Bonchev–Trinajstić information content (AvgIpc) is 3.22. The molecule has 1 saturated heterocycles. The number of nitrogens with zero attached hydrogens (tertiary/aromatic N) is 3. The summed E-state index contributed by atoms with van der Waals surface area (Å²) in [6.07, 6.45) is 2.49. The smallest absolute Gasteiger partial charge is 0.305 e. The Morgan fingerprint density at radius 3 is 2.29 bits per heavy atom. The minimum Gasteiger partial charge on any atom is -0.305 e. The molecule has 3 aromatic rings. The van der Waals surface area contributed by atoms with Gasteiger partial charge >= 0.3 is 5.69 Å². The number of fused-ring (bicyclic) bond motifs is 2. The van der Waals surface area contributed by atoms with E-state index < -0.39 is 0 Å². The molecule has 0 saturated carbocycles. The lowest BCUT2D eigenvalue weighted by atomic mass is 10.0. The zero-order valence-electron chi connectivity index (χ0n) is 17.0. The van der Waals surface area contributed by atoms with Crippen molar-refractivity contribution >= 4 is 34.4 Å². The number of imide groups is 1. The van der Waals surface area contributed by atoms with Crippen LogP contribution in [0.3, 0.4) is 0 Å². The molecule has 2 aliphatic heterocycles. The molecule has 31 heavy (non-hydrogen) atoms. The minimum absolute atomic E-state index is 0.0960. The number of likely N-dealkylation sites (tertiary alicyclic amines) is 1. The molecule has 160 valence electrons.